The third-order valence-electron chi connectivity index (χ3n) is 2.84. The van der Waals surface area contributed by atoms with Crippen LogP contribution in [0.4, 0.5) is 4.39 Å². The molecule has 0 aliphatic rings. The highest BCUT2D eigenvalue weighted by molar-refractivity contribution is 6.31. The van der Waals surface area contributed by atoms with E-state index in [9.17, 15) is 9.18 Å². The van der Waals surface area contributed by atoms with Gasteiger partial charge in [0.15, 0.2) is 5.43 Å². The molecule has 0 saturated carbocycles. The molecule has 2 aromatic rings. The highest BCUT2D eigenvalue weighted by Gasteiger charge is 2.15. The van der Waals surface area contributed by atoms with Crippen LogP contribution in [-0.4, -0.2) is 4.98 Å². The third kappa shape index (κ3) is 1.95. The second kappa shape index (κ2) is 4.15. The topological polar surface area (TPSA) is 32.9 Å². The molecule has 0 aliphatic heterocycles. The number of pyridine rings is 1. The van der Waals surface area contributed by atoms with E-state index in [1.54, 1.807) is 6.92 Å². The van der Waals surface area contributed by atoms with E-state index < -0.39 is 5.82 Å². The van der Waals surface area contributed by atoms with Gasteiger partial charge in [-0.05, 0) is 25.0 Å². The van der Waals surface area contributed by atoms with Crippen LogP contribution in [0.2, 0.25) is 5.02 Å². The predicted molar refractivity (Wildman–Crippen MR) is 68.4 cm³/mol. The quantitative estimate of drug-likeness (QED) is 0.825. The van der Waals surface area contributed by atoms with Crippen molar-refractivity contribution in [2.24, 2.45) is 0 Å². The molecule has 0 radical (unpaired) electrons. The molecule has 0 spiro atoms. The second-order valence-corrected chi connectivity index (χ2v) is 4.89. The molecule has 0 aliphatic carbocycles. The molecule has 0 fully saturated rings. The van der Waals surface area contributed by atoms with Gasteiger partial charge in [0.05, 0.1) is 10.9 Å². The number of aromatic nitrogens is 1. The number of fused-ring (bicyclic) bond motifs is 1. The van der Waals surface area contributed by atoms with E-state index in [0.717, 1.165) is 0 Å². The largest absolute Gasteiger partial charge is 0.356 e. The fraction of sp³-hybridized carbons (Fsp3) is 0.308. The summed E-state index contributed by atoms with van der Waals surface area (Å²) in [7, 11) is 0. The summed E-state index contributed by atoms with van der Waals surface area (Å²) in [6.45, 7) is 5.65. The fourth-order valence-electron chi connectivity index (χ4n) is 2.15. The number of rotatable bonds is 1. The Hall–Kier alpha value is -1.35. The zero-order valence-corrected chi connectivity index (χ0v) is 10.7. The molecule has 90 valence electrons. The zero-order chi connectivity index (χ0) is 12.7. The molecule has 1 aromatic heterocycles. The molecule has 4 heteroatoms. The smallest absolute Gasteiger partial charge is 0.193 e. The van der Waals surface area contributed by atoms with Crippen molar-refractivity contribution in [3.8, 4) is 0 Å². The molecule has 2 nitrogen and oxygen atoms in total. The van der Waals surface area contributed by atoms with Gasteiger partial charge in [-0.15, -0.1) is 0 Å². The van der Waals surface area contributed by atoms with E-state index in [2.05, 4.69) is 4.98 Å². The van der Waals surface area contributed by atoms with Crippen LogP contribution in [0, 0.1) is 12.7 Å². The van der Waals surface area contributed by atoms with Crippen molar-refractivity contribution in [2.75, 3.05) is 0 Å². The van der Waals surface area contributed by atoms with Crippen LogP contribution in [0.5, 0.6) is 0 Å². The van der Waals surface area contributed by atoms with E-state index in [1.165, 1.54) is 12.1 Å². The molecule has 0 bridgehead atoms. The standard InChI is InChI=1S/C13H13ClFNO/c1-6(2)11-7(3)16-12-9(13(11)17)4-8(14)5-10(12)15/h4-6H,1-3H3,(H,16,17). The van der Waals surface area contributed by atoms with Crippen molar-refractivity contribution in [3.05, 3.63) is 44.5 Å². The Labute approximate surface area is 103 Å². The van der Waals surface area contributed by atoms with Gasteiger partial charge in [-0.1, -0.05) is 25.4 Å². The number of H-pyrrole nitrogens is 1. The van der Waals surface area contributed by atoms with Crippen LogP contribution >= 0.6 is 11.6 Å². The number of hydrogen-bond donors (Lipinski definition) is 1. The van der Waals surface area contributed by atoms with Crippen molar-refractivity contribution in [2.45, 2.75) is 26.7 Å². The maximum Gasteiger partial charge on any atom is 0.193 e. The van der Waals surface area contributed by atoms with Gasteiger partial charge in [0, 0.05) is 16.3 Å². The van der Waals surface area contributed by atoms with Gasteiger partial charge >= 0.3 is 0 Å². The van der Waals surface area contributed by atoms with Crippen LogP contribution in [0.1, 0.15) is 31.0 Å². The van der Waals surface area contributed by atoms with Gasteiger partial charge in [-0.2, -0.15) is 0 Å². The van der Waals surface area contributed by atoms with Crippen molar-refractivity contribution < 1.29 is 4.39 Å². The first kappa shape index (κ1) is 12.1. The molecule has 2 rings (SSSR count). The molecule has 0 amide bonds. The van der Waals surface area contributed by atoms with Crippen LogP contribution in [-0.2, 0) is 0 Å². The monoisotopic (exact) mass is 253 g/mol. The molecule has 17 heavy (non-hydrogen) atoms. The first-order valence-corrected chi connectivity index (χ1v) is 5.81. The Kier molecular flexibility index (Phi) is 2.96. The summed E-state index contributed by atoms with van der Waals surface area (Å²) in [5.74, 6) is -0.409. The Morgan fingerprint density at radius 1 is 1.35 bits per heavy atom. The molecule has 1 N–H and O–H groups in total. The lowest BCUT2D eigenvalue weighted by Crippen LogP contribution is -2.15. The average molecular weight is 254 g/mol. The molecular formula is C13H13ClFNO. The number of halogens is 2. The minimum absolute atomic E-state index is 0.0881. The van der Waals surface area contributed by atoms with E-state index in [1.807, 2.05) is 13.8 Å². The van der Waals surface area contributed by atoms with Gasteiger partial charge in [0.1, 0.15) is 5.82 Å². The van der Waals surface area contributed by atoms with Gasteiger partial charge in [0.2, 0.25) is 0 Å². The van der Waals surface area contributed by atoms with Crippen molar-refractivity contribution >= 4 is 22.5 Å². The Morgan fingerprint density at radius 2 is 2.00 bits per heavy atom. The third-order valence-corrected chi connectivity index (χ3v) is 3.06. The zero-order valence-electron chi connectivity index (χ0n) is 9.90. The first-order valence-electron chi connectivity index (χ1n) is 5.43. The lowest BCUT2D eigenvalue weighted by molar-refractivity contribution is 0.636. The number of aromatic amines is 1. The van der Waals surface area contributed by atoms with Crippen LogP contribution < -0.4 is 5.43 Å². The van der Waals surface area contributed by atoms with Gasteiger partial charge in [0.25, 0.3) is 0 Å². The lowest BCUT2D eigenvalue weighted by atomic mass is 9.99. The Morgan fingerprint density at radius 3 is 2.59 bits per heavy atom. The molecule has 0 saturated heterocycles. The first-order chi connectivity index (χ1) is 7.91. The number of benzene rings is 1. The normalized spacial score (nSPS) is 11.4. The van der Waals surface area contributed by atoms with E-state index >= 15 is 0 Å². The van der Waals surface area contributed by atoms with Crippen LogP contribution in [0.25, 0.3) is 10.9 Å². The van der Waals surface area contributed by atoms with Gasteiger partial charge in [-0.3, -0.25) is 4.79 Å². The average Bonchev–Trinajstić information content (AvgIpc) is 2.19. The van der Waals surface area contributed by atoms with Crippen molar-refractivity contribution in [1.82, 2.24) is 4.98 Å². The number of aryl methyl sites for hydroxylation is 1. The van der Waals surface area contributed by atoms with E-state index in [-0.39, 0.29) is 21.9 Å². The second-order valence-electron chi connectivity index (χ2n) is 4.46. The summed E-state index contributed by atoms with van der Waals surface area (Å²) in [6, 6.07) is 2.71. The van der Waals surface area contributed by atoms with Crippen LogP contribution in [0.3, 0.4) is 0 Å². The molecule has 1 aromatic carbocycles. The van der Waals surface area contributed by atoms with Gasteiger partial charge in [-0.25, -0.2) is 4.39 Å². The molecule has 0 atom stereocenters. The SMILES string of the molecule is Cc1[nH]c2c(F)cc(Cl)cc2c(=O)c1C(C)C. The maximum absolute atomic E-state index is 13.7. The molecule has 1 heterocycles. The summed E-state index contributed by atoms with van der Waals surface area (Å²) < 4.78 is 13.7. The van der Waals surface area contributed by atoms with Crippen LogP contribution in [0.15, 0.2) is 16.9 Å². The molecular weight excluding hydrogens is 241 g/mol. The Bertz CT molecular complexity index is 646. The molecule has 0 unspecified atom stereocenters. The highest BCUT2D eigenvalue weighted by atomic mass is 35.5. The van der Waals surface area contributed by atoms with Crippen molar-refractivity contribution in [3.63, 3.8) is 0 Å². The maximum atomic E-state index is 13.7. The summed E-state index contributed by atoms with van der Waals surface area (Å²) in [5, 5.41) is 0.545. The van der Waals surface area contributed by atoms with E-state index in [0.29, 0.717) is 16.6 Å². The highest BCUT2D eigenvalue weighted by Crippen LogP contribution is 2.22. The number of hydrogen-bond acceptors (Lipinski definition) is 1. The number of nitrogens with one attached hydrogen (secondary N) is 1. The predicted octanol–water partition coefficient (Wildman–Crippen LogP) is 3.75. The van der Waals surface area contributed by atoms with E-state index in [4.69, 9.17) is 11.6 Å². The minimum atomic E-state index is -0.497. The van der Waals surface area contributed by atoms with Crippen molar-refractivity contribution in [1.29, 1.82) is 0 Å². The summed E-state index contributed by atoms with van der Waals surface area (Å²) in [5.41, 5.74) is 1.46. The fourth-order valence-corrected chi connectivity index (χ4v) is 2.35. The lowest BCUT2D eigenvalue weighted by Gasteiger charge is -2.11. The summed E-state index contributed by atoms with van der Waals surface area (Å²) in [4.78, 5) is 15.2. The minimum Gasteiger partial charge on any atom is -0.356 e. The van der Waals surface area contributed by atoms with Gasteiger partial charge < -0.3 is 4.98 Å². The summed E-state index contributed by atoms with van der Waals surface area (Å²) in [6.07, 6.45) is 0. The Balaban J connectivity index is 2.97. The summed E-state index contributed by atoms with van der Waals surface area (Å²) >= 11 is 5.77.